The van der Waals surface area contributed by atoms with Gasteiger partial charge in [-0.3, -0.25) is 9.59 Å². The summed E-state index contributed by atoms with van der Waals surface area (Å²) in [4.78, 5) is 26.3. The summed E-state index contributed by atoms with van der Waals surface area (Å²) in [6.07, 6.45) is 0.601. The maximum atomic E-state index is 12.6. The molecule has 24 heavy (non-hydrogen) atoms. The van der Waals surface area contributed by atoms with Gasteiger partial charge in [0, 0.05) is 37.8 Å². The Labute approximate surface area is 147 Å². The molecular weight excluding hydrogens is 334 g/mol. The molecule has 3 rings (SSSR count). The molecule has 2 fully saturated rings. The van der Waals surface area contributed by atoms with Crippen LogP contribution in [-0.4, -0.2) is 51.7 Å². The fourth-order valence-electron chi connectivity index (χ4n) is 2.78. The van der Waals surface area contributed by atoms with Crippen LogP contribution in [0.1, 0.15) is 6.42 Å². The third-order valence-corrected chi connectivity index (χ3v) is 4.32. The highest BCUT2D eigenvalue weighted by atomic mass is 35.5. The van der Waals surface area contributed by atoms with Crippen molar-refractivity contribution in [1.29, 1.82) is 0 Å². The number of amides is 2. The molecule has 2 aliphatic rings. The van der Waals surface area contributed by atoms with Crippen molar-refractivity contribution in [2.45, 2.75) is 12.5 Å². The minimum atomic E-state index is -0.458. The third kappa shape index (κ3) is 3.57. The van der Waals surface area contributed by atoms with E-state index in [2.05, 4.69) is 10.6 Å². The molecule has 2 N–H and O–H groups in total. The molecule has 2 heterocycles. The maximum absolute atomic E-state index is 12.6. The summed E-state index contributed by atoms with van der Waals surface area (Å²) in [7, 11) is 3.14. The van der Waals surface area contributed by atoms with Crippen LogP contribution in [0.25, 0.3) is 0 Å². The highest BCUT2D eigenvalue weighted by Crippen LogP contribution is 2.31. The number of hydrogen-bond acceptors (Lipinski definition) is 5. The highest BCUT2D eigenvalue weighted by Gasteiger charge is 2.36. The standard InChI is InChI=1S/C16H21N3O4.ClH/c1-22-12-5-11(6-13(7-12)23-2)19-4-3-14(16(19)21)18-15(20)10-8-17-9-10;/h5-7,10,14,17H,3-4,8-9H2,1-2H3,(H,18,20);1H. The Morgan fingerprint density at radius 3 is 2.33 bits per heavy atom. The fourth-order valence-corrected chi connectivity index (χ4v) is 2.78. The summed E-state index contributed by atoms with van der Waals surface area (Å²) in [6.45, 7) is 1.93. The van der Waals surface area contributed by atoms with E-state index in [4.69, 9.17) is 9.47 Å². The van der Waals surface area contributed by atoms with Gasteiger partial charge in [-0.05, 0) is 6.42 Å². The van der Waals surface area contributed by atoms with E-state index in [1.54, 1.807) is 37.3 Å². The second-order valence-corrected chi connectivity index (χ2v) is 5.77. The molecule has 0 radical (unpaired) electrons. The van der Waals surface area contributed by atoms with E-state index in [1.165, 1.54) is 0 Å². The molecule has 1 aromatic carbocycles. The second kappa shape index (κ2) is 7.72. The topological polar surface area (TPSA) is 79.9 Å². The molecule has 2 saturated heterocycles. The van der Waals surface area contributed by atoms with Crippen molar-refractivity contribution in [3.8, 4) is 11.5 Å². The highest BCUT2D eigenvalue weighted by molar-refractivity contribution is 6.01. The molecule has 1 unspecified atom stereocenters. The minimum Gasteiger partial charge on any atom is -0.497 e. The average Bonchev–Trinajstić information content (AvgIpc) is 2.86. The summed E-state index contributed by atoms with van der Waals surface area (Å²) in [5, 5.41) is 5.91. The zero-order valence-corrected chi connectivity index (χ0v) is 14.5. The number of nitrogens with zero attached hydrogens (tertiary/aromatic N) is 1. The number of methoxy groups -OCH3 is 2. The molecule has 0 aromatic heterocycles. The largest absolute Gasteiger partial charge is 0.497 e. The van der Waals surface area contributed by atoms with Crippen LogP contribution in [0.2, 0.25) is 0 Å². The molecule has 0 spiro atoms. The predicted octanol–water partition coefficient (Wildman–Crippen LogP) is 0.567. The number of carbonyl (C=O) groups is 2. The summed E-state index contributed by atoms with van der Waals surface area (Å²) in [6, 6.07) is 4.88. The van der Waals surface area contributed by atoms with Gasteiger partial charge < -0.3 is 25.0 Å². The number of hydrogen-bond donors (Lipinski definition) is 2. The lowest BCUT2D eigenvalue weighted by molar-refractivity contribution is -0.130. The Bertz CT molecular complexity index is 599. The molecular formula is C16H22ClN3O4. The molecule has 0 saturated carbocycles. The molecule has 8 heteroatoms. The van der Waals surface area contributed by atoms with Crippen molar-refractivity contribution in [3.63, 3.8) is 0 Å². The number of rotatable bonds is 5. The average molecular weight is 356 g/mol. The zero-order chi connectivity index (χ0) is 16.4. The van der Waals surface area contributed by atoms with E-state index in [9.17, 15) is 9.59 Å². The van der Waals surface area contributed by atoms with Gasteiger partial charge in [0.05, 0.1) is 25.8 Å². The van der Waals surface area contributed by atoms with Crippen LogP contribution in [0.15, 0.2) is 18.2 Å². The maximum Gasteiger partial charge on any atom is 0.249 e. The SMILES string of the molecule is COc1cc(OC)cc(N2CCC(NC(=O)C3CNC3)C2=O)c1.Cl. The first-order valence-corrected chi connectivity index (χ1v) is 7.68. The van der Waals surface area contributed by atoms with Gasteiger partial charge in [0.25, 0.3) is 0 Å². The summed E-state index contributed by atoms with van der Waals surface area (Å²) >= 11 is 0. The number of halogens is 1. The van der Waals surface area contributed by atoms with Gasteiger partial charge in [-0.2, -0.15) is 0 Å². The minimum absolute atomic E-state index is 0. The first-order chi connectivity index (χ1) is 11.1. The van der Waals surface area contributed by atoms with Crippen LogP contribution in [-0.2, 0) is 9.59 Å². The van der Waals surface area contributed by atoms with Gasteiger partial charge >= 0.3 is 0 Å². The number of benzene rings is 1. The lowest BCUT2D eigenvalue weighted by atomic mass is 10.0. The Morgan fingerprint density at radius 1 is 1.21 bits per heavy atom. The lowest BCUT2D eigenvalue weighted by Gasteiger charge is -2.27. The molecule has 2 aliphatic heterocycles. The van der Waals surface area contributed by atoms with Gasteiger partial charge in [0.15, 0.2) is 0 Å². The summed E-state index contributed by atoms with van der Waals surface area (Å²) < 4.78 is 10.5. The second-order valence-electron chi connectivity index (χ2n) is 5.77. The smallest absolute Gasteiger partial charge is 0.249 e. The van der Waals surface area contributed by atoms with Crippen LogP contribution >= 0.6 is 12.4 Å². The van der Waals surface area contributed by atoms with E-state index >= 15 is 0 Å². The molecule has 0 aliphatic carbocycles. The Kier molecular flexibility index (Phi) is 5.90. The fraction of sp³-hybridized carbons (Fsp3) is 0.500. The van der Waals surface area contributed by atoms with E-state index < -0.39 is 6.04 Å². The van der Waals surface area contributed by atoms with Crippen molar-refractivity contribution in [1.82, 2.24) is 10.6 Å². The van der Waals surface area contributed by atoms with Crippen LogP contribution in [0.3, 0.4) is 0 Å². The Balaban J connectivity index is 0.00000208. The summed E-state index contributed by atoms with van der Waals surface area (Å²) in [5.74, 6) is 1.09. The van der Waals surface area contributed by atoms with Gasteiger partial charge in [-0.1, -0.05) is 0 Å². The third-order valence-electron chi connectivity index (χ3n) is 4.32. The number of carbonyl (C=O) groups excluding carboxylic acids is 2. The van der Waals surface area contributed by atoms with E-state index in [-0.39, 0.29) is 30.1 Å². The van der Waals surface area contributed by atoms with Crippen molar-refractivity contribution < 1.29 is 19.1 Å². The van der Waals surface area contributed by atoms with E-state index in [0.717, 1.165) is 0 Å². The molecule has 7 nitrogen and oxygen atoms in total. The zero-order valence-electron chi connectivity index (χ0n) is 13.7. The molecule has 1 atom stereocenters. The van der Waals surface area contributed by atoms with Crippen LogP contribution in [0.4, 0.5) is 5.69 Å². The van der Waals surface area contributed by atoms with Crippen LogP contribution < -0.4 is 25.0 Å². The Hall–Kier alpha value is -1.99. The lowest BCUT2D eigenvalue weighted by Crippen LogP contribution is -2.54. The number of ether oxygens (including phenoxy) is 2. The Morgan fingerprint density at radius 2 is 1.83 bits per heavy atom. The monoisotopic (exact) mass is 355 g/mol. The van der Waals surface area contributed by atoms with Crippen molar-refractivity contribution >= 4 is 29.9 Å². The van der Waals surface area contributed by atoms with E-state index in [1.807, 2.05) is 0 Å². The number of anilines is 1. The summed E-state index contributed by atoms with van der Waals surface area (Å²) in [5.41, 5.74) is 0.716. The molecule has 2 amide bonds. The van der Waals surface area contributed by atoms with Gasteiger partial charge in [0.1, 0.15) is 17.5 Å². The predicted molar refractivity (Wildman–Crippen MR) is 92.1 cm³/mol. The normalized spacial score (nSPS) is 20.2. The van der Waals surface area contributed by atoms with Crippen molar-refractivity contribution in [2.75, 3.05) is 38.8 Å². The van der Waals surface area contributed by atoms with Gasteiger partial charge in [-0.25, -0.2) is 0 Å². The van der Waals surface area contributed by atoms with Crippen LogP contribution in [0, 0.1) is 5.92 Å². The van der Waals surface area contributed by atoms with Crippen LogP contribution in [0.5, 0.6) is 11.5 Å². The van der Waals surface area contributed by atoms with Crippen molar-refractivity contribution in [3.05, 3.63) is 18.2 Å². The molecule has 1 aromatic rings. The first kappa shape index (κ1) is 18.4. The number of nitrogens with one attached hydrogen (secondary N) is 2. The van der Waals surface area contributed by atoms with E-state index in [0.29, 0.717) is 43.2 Å². The van der Waals surface area contributed by atoms with Gasteiger partial charge in [-0.15, -0.1) is 12.4 Å². The van der Waals surface area contributed by atoms with Crippen molar-refractivity contribution in [2.24, 2.45) is 5.92 Å². The molecule has 0 bridgehead atoms. The van der Waals surface area contributed by atoms with Gasteiger partial charge in [0.2, 0.25) is 11.8 Å². The quantitative estimate of drug-likeness (QED) is 0.807. The molecule has 132 valence electrons. The first-order valence-electron chi connectivity index (χ1n) is 7.68.